The third-order valence-electron chi connectivity index (χ3n) is 4.78. The van der Waals surface area contributed by atoms with Gasteiger partial charge in [0, 0.05) is 25.7 Å². The van der Waals surface area contributed by atoms with Crippen molar-refractivity contribution in [3.63, 3.8) is 0 Å². The molecule has 4 heterocycles. The van der Waals surface area contributed by atoms with Gasteiger partial charge in [-0.2, -0.15) is 13.2 Å². The molecule has 0 bridgehead atoms. The third-order valence-corrected chi connectivity index (χ3v) is 4.78. The van der Waals surface area contributed by atoms with E-state index in [1.807, 2.05) is 12.1 Å². The number of nitrogens with zero attached hydrogens (tertiary/aromatic N) is 4. The molecular weight excluding hydrogens is 424 g/mol. The number of aliphatic carboxylic acids is 1. The molecule has 0 aromatic carbocycles. The van der Waals surface area contributed by atoms with E-state index in [0.29, 0.717) is 19.1 Å². The monoisotopic (exact) mass is 444 g/mol. The molecule has 2 fully saturated rings. The Labute approximate surface area is 174 Å². The number of carboxylic acid groups (broad SMARTS) is 1. The first-order valence-corrected chi connectivity index (χ1v) is 9.40. The van der Waals surface area contributed by atoms with E-state index in [4.69, 9.17) is 19.4 Å². The number of halogens is 4. The molecule has 0 aliphatic carbocycles. The molecule has 0 radical (unpaired) electrons. The van der Waals surface area contributed by atoms with E-state index < -0.39 is 18.0 Å². The first kappa shape index (κ1) is 22.7. The Balaban J connectivity index is 0.000000339. The maximum Gasteiger partial charge on any atom is 0.490 e. The lowest BCUT2D eigenvalue weighted by molar-refractivity contribution is -0.192. The van der Waals surface area contributed by atoms with Gasteiger partial charge in [-0.15, -0.1) is 0 Å². The largest absolute Gasteiger partial charge is 0.490 e. The number of pyridine rings is 1. The summed E-state index contributed by atoms with van der Waals surface area (Å²) in [6.07, 6.45) is 3.56. The lowest BCUT2D eigenvalue weighted by Crippen LogP contribution is -2.48. The van der Waals surface area contributed by atoms with Crippen molar-refractivity contribution >= 4 is 11.9 Å². The first-order valence-electron chi connectivity index (χ1n) is 9.40. The lowest BCUT2D eigenvalue weighted by Gasteiger charge is -2.39. The zero-order chi connectivity index (χ0) is 22.5. The molecule has 2 saturated heterocycles. The number of anilines is 1. The van der Waals surface area contributed by atoms with Gasteiger partial charge < -0.3 is 19.5 Å². The summed E-state index contributed by atoms with van der Waals surface area (Å²) in [5.41, 5.74) is -0.247. The Morgan fingerprint density at radius 2 is 2.00 bits per heavy atom. The second-order valence-corrected chi connectivity index (χ2v) is 7.16. The van der Waals surface area contributed by atoms with Gasteiger partial charge in [0.1, 0.15) is 11.9 Å². The van der Waals surface area contributed by atoms with Gasteiger partial charge in [-0.05, 0) is 25.0 Å². The number of aromatic nitrogens is 3. The van der Waals surface area contributed by atoms with Crippen LogP contribution in [0.3, 0.4) is 0 Å². The number of carboxylic acids is 1. The standard InChI is InChI=1S/C17H19FN4O2.C2HF3O2/c18-13-8-20-16(21-9-13)22-6-2-4-17(12-22)7-15(11-23-17)24-14-3-1-5-19-10-14;3-2(4,5)1(6)7/h1,3,5,8-10,15H,2,4,6-7,11-12H2;(H,6,7). The Morgan fingerprint density at radius 3 is 2.61 bits per heavy atom. The number of carbonyl (C=O) groups is 1. The summed E-state index contributed by atoms with van der Waals surface area (Å²) in [6, 6.07) is 3.76. The second-order valence-electron chi connectivity index (χ2n) is 7.16. The summed E-state index contributed by atoms with van der Waals surface area (Å²) in [6.45, 7) is 2.11. The maximum atomic E-state index is 13.0. The predicted molar refractivity (Wildman–Crippen MR) is 99.1 cm³/mol. The first-order chi connectivity index (χ1) is 14.7. The second kappa shape index (κ2) is 9.41. The average molecular weight is 444 g/mol. The van der Waals surface area contributed by atoms with Crippen LogP contribution in [0.15, 0.2) is 36.9 Å². The molecule has 12 heteroatoms. The Kier molecular flexibility index (Phi) is 6.88. The predicted octanol–water partition coefficient (Wildman–Crippen LogP) is 2.85. The topological polar surface area (TPSA) is 97.7 Å². The fraction of sp³-hybridized carbons (Fsp3) is 0.474. The van der Waals surface area contributed by atoms with Gasteiger partial charge in [0.15, 0.2) is 5.82 Å². The number of ether oxygens (including phenoxy) is 2. The highest BCUT2D eigenvalue weighted by Gasteiger charge is 2.45. The van der Waals surface area contributed by atoms with Gasteiger partial charge in [-0.25, -0.2) is 19.2 Å². The zero-order valence-electron chi connectivity index (χ0n) is 16.3. The van der Waals surface area contributed by atoms with Gasteiger partial charge in [0.05, 0.1) is 30.8 Å². The zero-order valence-corrected chi connectivity index (χ0v) is 16.3. The number of alkyl halides is 3. The van der Waals surface area contributed by atoms with Crippen molar-refractivity contribution in [3.05, 3.63) is 42.7 Å². The molecule has 0 amide bonds. The minimum atomic E-state index is -5.08. The Hall–Kier alpha value is -3.02. The molecular formula is C19H20F4N4O4. The van der Waals surface area contributed by atoms with Crippen LogP contribution in [0.4, 0.5) is 23.5 Å². The molecule has 4 rings (SSSR count). The minimum absolute atomic E-state index is 0.0169. The van der Waals surface area contributed by atoms with Gasteiger partial charge >= 0.3 is 12.1 Å². The van der Waals surface area contributed by atoms with Gasteiger partial charge in [-0.3, -0.25) is 4.98 Å². The van der Waals surface area contributed by atoms with Gasteiger partial charge in [-0.1, -0.05) is 0 Å². The SMILES string of the molecule is Fc1cnc(N2CCCC3(CC(Oc4cccnc4)CO3)C2)nc1.O=C(O)C(F)(F)F. The van der Waals surface area contributed by atoms with Crippen LogP contribution in [0, 0.1) is 5.82 Å². The van der Waals surface area contributed by atoms with Crippen LogP contribution in [0.25, 0.3) is 0 Å². The summed E-state index contributed by atoms with van der Waals surface area (Å²) in [5, 5.41) is 7.12. The molecule has 1 N–H and O–H groups in total. The third kappa shape index (κ3) is 6.23. The van der Waals surface area contributed by atoms with E-state index in [-0.39, 0.29) is 11.7 Å². The molecule has 31 heavy (non-hydrogen) atoms. The van der Waals surface area contributed by atoms with Crippen LogP contribution >= 0.6 is 0 Å². The summed E-state index contributed by atoms with van der Waals surface area (Å²) >= 11 is 0. The van der Waals surface area contributed by atoms with Gasteiger partial charge in [0.2, 0.25) is 5.95 Å². The van der Waals surface area contributed by atoms with Crippen molar-refractivity contribution in [1.29, 1.82) is 0 Å². The van der Waals surface area contributed by atoms with E-state index in [1.165, 1.54) is 12.4 Å². The number of hydrogen-bond acceptors (Lipinski definition) is 7. The van der Waals surface area contributed by atoms with Crippen molar-refractivity contribution in [3.8, 4) is 5.75 Å². The molecule has 2 aromatic heterocycles. The normalized spacial score (nSPS) is 23.2. The van der Waals surface area contributed by atoms with Crippen LogP contribution in [0.5, 0.6) is 5.75 Å². The maximum absolute atomic E-state index is 13.0. The smallest absolute Gasteiger partial charge is 0.486 e. The quantitative estimate of drug-likeness (QED) is 0.722. The number of hydrogen-bond donors (Lipinski definition) is 1. The number of piperidine rings is 1. The summed E-state index contributed by atoms with van der Waals surface area (Å²) < 4.78 is 56.9. The van der Waals surface area contributed by atoms with Crippen LogP contribution in [0.2, 0.25) is 0 Å². The average Bonchev–Trinajstić information content (AvgIpc) is 3.10. The highest BCUT2D eigenvalue weighted by Crippen LogP contribution is 2.37. The molecule has 2 aromatic rings. The lowest BCUT2D eigenvalue weighted by atomic mass is 9.89. The highest BCUT2D eigenvalue weighted by atomic mass is 19.4. The summed E-state index contributed by atoms with van der Waals surface area (Å²) in [7, 11) is 0. The van der Waals surface area contributed by atoms with Crippen molar-refractivity contribution in [2.75, 3.05) is 24.6 Å². The van der Waals surface area contributed by atoms with Crippen molar-refractivity contribution in [2.45, 2.75) is 37.1 Å². The van der Waals surface area contributed by atoms with Crippen molar-refractivity contribution in [2.24, 2.45) is 0 Å². The number of rotatable bonds is 3. The van der Waals surface area contributed by atoms with Crippen LogP contribution in [-0.4, -0.2) is 63.6 Å². The molecule has 2 aliphatic heterocycles. The summed E-state index contributed by atoms with van der Waals surface area (Å²) in [5.74, 6) is -1.87. The molecule has 8 nitrogen and oxygen atoms in total. The Morgan fingerprint density at radius 1 is 1.29 bits per heavy atom. The van der Waals surface area contributed by atoms with Crippen molar-refractivity contribution < 1.29 is 36.9 Å². The van der Waals surface area contributed by atoms with E-state index >= 15 is 0 Å². The molecule has 1 spiro atoms. The van der Waals surface area contributed by atoms with E-state index in [2.05, 4.69) is 19.9 Å². The molecule has 2 aliphatic rings. The Bertz CT molecular complexity index is 869. The molecule has 168 valence electrons. The van der Waals surface area contributed by atoms with Crippen LogP contribution in [-0.2, 0) is 9.53 Å². The highest BCUT2D eigenvalue weighted by molar-refractivity contribution is 5.73. The summed E-state index contributed by atoms with van der Waals surface area (Å²) in [4.78, 5) is 23.2. The van der Waals surface area contributed by atoms with Gasteiger partial charge in [0.25, 0.3) is 0 Å². The van der Waals surface area contributed by atoms with E-state index in [9.17, 15) is 17.6 Å². The molecule has 2 unspecified atom stereocenters. The minimum Gasteiger partial charge on any atom is -0.486 e. The fourth-order valence-electron chi connectivity index (χ4n) is 3.51. The van der Waals surface area contributed by atoms with E-state index in [0.717, 1.165) is 31.6 Å². The molecule has 0 saturated carbocycles. The van der Waals surface area contributed by atoms with Crippen LogP contribution < -0.4 is 9.64 Å². The van der Waals surface area contributed by atoms with E-state index in [1.54, 1.807) is 12.4 Å². The molecule has 2 atom stereocenters. The fourth-order valence-corrected chi connectivity index (χ4v) is 3.51. The van der Waals surface area contributed by atoms with Crippen LogP contribution in [0.1, 0.15) is 19.3 Å². The van der Waals surface area contributed by atoms with Crippen molar-refractivity contribution in [1.82, 2.24) is 15.0 Å².